The maximum Gasteiger partial charge on any atom is 0.273 e. The summed E-state index contributed by atoms with van der Waals surface area (Å²) in [4.78, 5) is 26.0. The average Bonchev–Trinajstić information content (AvgIpc) is 3.29. The summed E-state index contributed by atoms with van der Waals surface area (Å²) in [5.74, 6) is 0.756. The summed E-state index contributed by atoms with van der Waals surface area (Å²) in [6.45, 7) is 4.63. The van der Waals surface area contributed by atoms with Gasteiger partial charge in [0.15, 0.2) is 0 Å². The second-order valence-electron chi connectivity index (χ2n) is 10.3. The van der Waals surface area contributed by atoms with Crippen molar-refractivity contribution in [3.63, 3.8) is 0 Å². The number of benzene rings is 1. The van der Waals surface area contributed by atoms with Gasteiger partial charge in [-0.05, 0) is 69.2 Å². The maximum absolute atomic E-state index is 13.0. The lowest BCUT2D eigenvalue weighted by atomic mass is 9.84. The molecule has 2 fully saturated rings. The Kier molecular flexibility index (Phi) is 7.16. The highest BCUT2D eigenvalue weighted by atomic mass is 32.1. The highest BCUT2D eigenvalue weighted by Gasteiger charge is 2.26. The molecule has 1 aromatic carbocycles. The van der Waals surface area contributed by atoms with Gasteiger partial charge in [-0.25, -0.2) is 4.98 Å². The van der Waals surface area contributed by atoms with Crippen LogP contribution in [0, 0.1) is 5.92 Å². The number of rotatable bonds is 8. The zero-order valence-electron chi connectivity index (χ0n) is 20.7. The largest absolute Gasteiger partial charge is 0.467 e. The lowest BCUT2D eigenvalue weighted by Gasteiger charge is -2.32. The Hall–Kier alpha value is -2.55. The molecule has 6 rings (SSSR count). The molecule has 7 nitrogen and oxygen atoms in total. The summed E-state index contributed by atoms with van der Waals surface area (Å²) in [5, 5.41) is 5.01. The number of amides is 1. The fraction of sp³-hybridized carbons (Fsp3) is 0.536. The SMILES string of the molecule is O=C(NC1CCC(CCN2CCc3sc(OCC4CCO4)nc3C2)CC1)c1cccc2ncccc12. The number of thiazole rings is 1. The summed E-state index contributed by atoms with van der Waals surface area (Å²) in [6.07, 6.45) is 9.87. The molecule has 0 radical (unpaired) electrons. The van der Waals surface area contributed by atoms with E-state index in [-0.39, 0.29) is 18.1 Å². The van der Waals surface area contributed by atoms with E-state index in [2.05, 4.69) is 15.2 Å². The molecule has 1 unspecified atom stereocenters. The fourth-order valence-electron chi connectivity index (χ4n) is 5.59. The van der Waals surface area contributed by atoms with Crippen molar-refractivity contribution in [1.82, 2.24) is 20.2 Å². The normalized spacial score (nSPS) is 24.2. The predicted molar refractivity (Wildman–Crippen MR) is 141 cm³/mol. The monoisotopic (exact) mass is 506 g/mol. The van der Waals surface area contributed by atoms with E-state index in [1.165, 1.54) is 29.8 Å². The Labute approximate surface area is 216 Å². The van der Waals surface area contributed by atoms with Crippen molar-refractivity contribution in [2.24, 2.45) is 5.92 Å². The van der Waals surface area contributed by atoms with Crippen LogP contribution in [0.3, 0.4) is 0 Å². The summed E-state index contributed by atoms with van der Waals surface area (Å²) in [6, 6.07) is 9.88. The maximum atomic E-state index is 13.0. The number of carbonyl (C=O) groups is 1. The van der Waals surface area contributed by atoms with Crippen molar-refractivity contribution in [2.75, 3.05) is 26.3 Å². The molecular formula is C28H34N4O3S. The Morgan fingerprint density at radius 3 is 2.89 bits per heavy atom. The van der Waals surface area contributed by atoms with Gasteiger partial charge in [0.25, 0.3) is 11.1 Å². The first-order valence-electron chi connectivity index (χ1n) is 13.3. The van der Waals surface area contributed by atoms with Gasteiger partial charge in [0.2, 0.25) is 0 Å². The van der Waals surface area contributed by atoms with Crippen LogP contribution in [0.15, 0.2) is 36.5 Å². The van der Waals surface area contributed by atoms with Crippen LogP contribution >= 0.6 is 11.3 Å². The van der Waals surface area contributed by atoms with E-state index in [9.17, 15) is 4.79 Å². The van der Waals surface area contributed by atoms with E-state index < -0.39 is 0 Å². The molecule has 2 aliphatic heterocycles. The van der Waals surface area contributed by atoms with Crippen LogP contribution in [-0.4, -0.2) is 59.2 Å². The lowest BCUT2D eigenvalue weighted by Crippen LogP contribution is -2.38. The van der Waals surface area contributed by atoms with E-state index >= 15 is 0 Å². The third-order valence-electron chi connectivity index (χ3n) is 7.90. The van der Waals surface area contributed by atoms with Crippen molar-refractivity contribution < 1.29 is 14.3 Å². The molecule has 36 heavy (non-hydrogen) atoms. The average molecular weight is 507 g/mol. The van der Waals surface area contributed by atoms with Gasteiger partial charge in [0.05, 0.1) is 17.3 Å². The summed E-state index contributed by atoms with van der Waals surface area (Å²) in [5.41, 5.74) is 2.79. The van der Waals surface area contributed by atoms with Gasteiger partial charge < -0.3 is 14.8 Å². The van der Waals surface area contributed by atoms with Crippen molar-refractivity contribution in [3.8, 4) is 5.19 Å². The van der Waals surface area contributed by atoms with Crippen LogP contribution in [0.4, 0.5) is 0 Å². The second-order valence-corrected chi connectivity index (χ2v) is 11.4. The van der Waals surface area contributed by atoms with Gasteiger partial charge in [-0.3, -0.25) is 14.7 Å². The van der Waals surface area contributed by atoms with Gasteiger partial charge in [-0.1, -0.05) is 23.5 Å². The van der Waals surface area contributed by atoms with Gasteiger partial charge in [0, 0.05) is 54.2 Å². The molecule has 3 aliphatic rings. The van der Waals surface area contributed by atoms with E-state index in [1.807, 2.05) is 30.3 Å². The molecule has 1 N–H and O–H groups in total. The van der Waals surface area contributed by atoms with Crippen LogP contribution in [0.5, 0.6) is 5.19 Å². The molecule has 1 saturated carbocycles. The number of fused-ring (bicyclic) bond motifs is 2. The third kappa shape index (κ3) is 5.41. The Bertz CT molecular complexity index is 1200. The quantitative estimate of drug-likeness (QED) is 0.481. The molecule has 0 bridgehead atoms. The predicted octanol–water partition coefficient (Wildman–Crippen LogP) is 4.60. The van der Waals surface area contributed by atoms with Gasteiger partial charge in [0.1, 0.15) is 6.61 Å². The van der Waals surface area contributed by atoms with E-state index in [0.29, 0.717) is 6.61 Å². The first kappa shape index (κ1) is 23.8. The highest BCUT2D eigenvalue weighted by molar-refractivity contribution is 7.13. The van der Waals surface area contributed by atoms with Gasteiger partial charge in [-0.2, -0.15) is 0 Å². The number of hydrogen-bond acceptors (Lipinski definition) is 7. The van der Waals surface area contributed by atoms with Crippen molar-refractivity contribution in [1.29, 1.82) is 0 Å². The number of hydrogen-bond donors (Lipinski definition) is 1. The number of carbonyl (C=O) groups excluding carboxylic acids is 1. The van der Waals surface area contributed by atoms with Crippen LogP contribution in [0.2, 0.25) is 0 Å². The van der Waals surface area contributed by atoms with Gasteiger partial charge >= 0.3 is 0 Å². The number of nitrogens with zero attached hydrogens (tertiary/aromatic N) is 3. The summed E-state index contributed by atoms with van der Waals surface area (Å²) < 4.78 is 11.3. The smallest absolute Gasteiger partial charge is 0.273 e. The Morgan fingerprint density at radius 2 is 2.06 bits per heavy atom. The first-order valence-corrected chi connectivity index (χ1v) is 14.1. The number of pyridine rings is 1. The lowest BCUT2D eigenvalue weighted by molar-refractivity contribution is -0.0721. The molecule has 190 valence electrons. The Balaban J connectivity index is 0.942. The fourth-order valence-corrected chi connectivity index (χ4v) is 6.50. The zero-order chi connectivity index (χ0) is 24.3. The van der Waals surface area contributed by atoms with E-state index in [1.54, 1.807) is 17.5 Å². The minimum Gasteiger partial charge on any atom is -0.467 e. The first-order chi connectivity index (χ1) is 17.7. The van der Waals surface area contributed by atoms with Gasteiger partial charge in [-0.15, -0.1) is 0 Å². The van der Waals surface area contributed by atoms with Crippen molar-refractivity contribution in [3.05, 3.63) is 52.7 Å². The molecule has 0 spiro atoms. The molecule has 1 saturated heterocycles. The standard InChI is InChI=1S/C28H34N4O3S/c33-27(23-3-1-5-24-22(23)4-2-13-29-24)30-20-8-6-19(7-9-20)10-14-32-15-11-26-25(17-32)31-28(36-26)35-18-21-12-16-34-21/h1-5,13,19-21H,6-12,14-18H2,(H,30,33). The van der Waals surface area contributed by atoms with Crippen molar-refractivity contribution >= 4 is 28.1 Å². The molecule has 8 heteroatoms. The zero-order valence-corrected chi connectivity index (χ0v) is 21.5. The minimum absolute atomic E-state index is 0.0213. The molecular weight excluding hydrogens is 472 g/mol. The summed E-state index contributed by atoms with van der Waals surface area (Å²) in [7, 11) is 0. The Morgan fingerprint density at radius 1 is 1.17 bits per heavy atom. The van der Waals surface area contributed by atoms with Crippen molar-refractivity contribution in [2.45, 2.75) is 63.6 Å². The van der Waals surface area contributed by atoms with E-state index in [4.69, 9.17) is 14.5 Å². The van der Waals surface area contributed by atoms with E-state index in [0.717, 1.165) is 79.5 Å². The molecule has 1 atom stereocenters. The second kappa shape index (κ2) is 10.8. The molecule has 1 amide bonds. The highest BCUT2D eigenvalue weighted by Crippen LogP contribution is 2.32. The number of nitrogens with one attached hydrogen (secondary N) is 1. The molecule has 2 aromatic heterocycles. The molecule has 1 aliphatic carbocycles. The number of ether oxygens (including phenoxy) is 2. The molecule has 4 heterocycles. The molecule has 3 aromatic rings. The summed E-state index contributed by atoms with van der Waals surface area (Å²) >= 11 is 1.71. The minimum atomic E-state index is 0.0213. The topological polar surface area (TPSA) is 76.6 Å². The van der Waals surface area contributed by atoms with Crippen LogP contribution < -0.4 is 10.1 Å². The van der Waals surface area contributed by atoms with Crippen LogP contribution in [0.1, 0.15) is 59.5 Å². The van der Waals surface area contributed by atoms with Crippen LogP contribution in [0.25, 0.3) is 10.9 Å². The third-order valence-corrected chi connectivity index (χ3v) is 8.97. The number of aromatic nitrogens is 2. The van der Waals surface area contributed by atoms with Crippen LogP contribution in [-0.2, 0) is 17.7 Å².